The van der Waals surface area contributed by atoms with E-state index >= 15 is 0 Å². The summed E-state index contributed by atoms with van der Waals surface area (Å²) in [5, 5.41) is 2.06. The Morgan fingerprint density at radius 1 is 1.50 bits per heavy atom. The number of ether oxygens (including phenoxy) is 2. The van der Waals surface area contributed by atoms with Gasteiger partial charge >= 0.3 is 0 Å². The number of carbonyl (C=O) groups excluding carboxylic acids is 1. The average Bonchev–Trinajstić information content (AvgIpc) is 2.78. The van der Waals surface area contributed by atoms with Crippen molar-refractivity contribution in [1.82, 2.24) is 0 Å². The molecule has 3 nitrogen and oxygen atoms in total. The van der Waals surface area contributed by atoms with Gasteiger partial charge in [0.25, 0.3) is 0 Å². The van der Waals surface area contributed by atoms with E-state index in [-0.39, 0.29) is 18.0 Å². The van der Waals surface area contributed by atoms with Crippen LogP contribution in [0.5, 0.6) is 0 Å². The van der Waals surface area contributed by atoms with E-state index in [1.807, 2.05) is 13.0 Å². The molecule has 0 saturated heterocycles. The maximum absolute atomic E-state index is 11.2. The molecule has 88 valence electrons. The van der Waals surface area contributed by atoms with Crippen LogP contribution >= 0.6 is 11.3 Å². The third kappa shape index (κ3) is 2.70. The number of hydrogen-bond acceptors (Lipinski definition) is 4. The van der Waals surface area contributed by atoms with Gasteiger partial charge in [0.05, 0.1) is 12.7 Å². The fourth-order valence-corrected chi connectivity index (χ4v) is 2.45. The van der Waals surface area contributed by atoms with Gasteiger partial charge in [-0.25, -0.2) is 0 Å². The van der Waals surface area contributed by atoms with Crippen LogP contribution in [-0.4, -0.2) is 31.2 Å². The molecule has 1 fully saturated rings. The van der Waals surface area contributed by atoms with Crippen molar-refractivity contribution in [1.29, 1.82) is 0 Å². The monoisotopic (exact) mass is 240 g/mol. The second-order valence-corrected chi connectivity index (χ2v) is 4.82. The molecule has 1 aliphatic carbocycles. The Hall–Kier alpha value is -0.710. The first-order valence-corrected chi connectivity index (χ1v) is 6.47. The fraction of sp³-hybridized carbons (Fsp3) is 0.583. The molecule has 0 aliphatic heterocycles. The highest BCUT2D eigenvalue weighted by molar-refractivity contribution is 7.09. The molecule has 1 saturated carbocycles. The third-order valence-electron chi connectivity index (χ3n) is 2.66. The lowest BCUT2D eigenvalue weighted by molar-refractivity contribution is -0.164. The van der Waals surface area contributed by atoms with Gasteiger partial charge in [-0.15, -0.1) is 11.3 Å². The molecule has 1 aromatic rings. The van der Waals surface area contributed by atoms with Gasteiger partial charge in [0.15, 0.2) is 5.78 Å². The summed E-state index contributed by atoms with van der Waals surface area (Å²) >= 11 is 1.73. The van der Waals surface area contributed by atoms with Crippen molar-refractivity contribution in [2.75, 3.05) is 13.2 Å². The highest BCUT2D eigenvalue weighted by Crippen LogP contribution is 2.23. The SMILES string of the molecule is CCOC1C(=O)CC1OCCc1cccs1. The van der Waals surface area contributed by atoms with E-state index in [0.717, 1.165) is 6.42 Å². The van der Waals surface area contributed by atoms with Gasteiger partial charge in [-0.2, -0.15) is 0 Å². The molecule has 0 aromatic carbocycles. The summed E-state index contributed by atoms with van der Waals surface area (Å²) in [4.78, 5) is 12.5. The van der Waals surface area contributed by atoms with E-state index in [4.69, 9.17) is 9.47 Å². The minimum absolute atomic E-state index is 0.0209. The Bertz CT molecular complexity index is 334. The molecular weight excluding hydrogens is 224 g/mol. The summed E-state index contributed by atoms with van der Waals surface area (Å²) in [6.07, 6.45) is 1.09. The predicted molar refractivity (Wildman–Crippen MR) is 62.8 cm³/mol. The van der Waals surface area contributed by atoms with E-state index in [0.29, 0.717) is 19.6 Å². The summed E-state index contributed by atoms with van der Waals surface area (Å²) in [6, 6.07) is 4.13. The first-order valence-electron chi connectivity index (χ1n) is 5.59. The van der Waals surface area contributed by atoms with Crippen LogP contribution in [-0.2, 0) is 20.7 Å². The predicted octanol–water partition coefficient (Wildman–Crippen LogP) is 2.05. The van der Waals surface area contributed by atoms with Crippen molar-refractivity contribution in [3.05, 3.63) is 22.4 Å². The molecule has 1 aliphatic rings. The highest BCUT2D eigenvalue weighted by atomic mass is 32.1. The Labute approximate surface area is 99.4 Å². The second kappa shape index (κ2) is 5.57. The number of thiophene rings is 1. The number of rotatable bonds is 6. The van der Waals surface area contributed by atoms with E-state index in [2.05, 4.69) is 11.4 Å². The van der Waals surface area contributed by atoms with Crippen LogP contribution in [0.3, 0.4) is 0 Å². The highest BCUT2D eigenvalue weighted by Gasteiger charge is 2.41. The average molecular weight is 240 g/mol. The van der Waals surface area contributed by atoms with Crippen LogP contribution in [0.15, 0.2) is 17.5 Å². The minimum atomic E-state index is -0.312. The van der Waals surface area contributed by atoms with Crippen molar-refractivity contribution in [2.45, 2.75) is 32.0 Å². The van der Waals surface area contributed by atoms with Gasteiger partial charge in [-0.3, -0.25) is 4.79 Å². The zero-order chi connectivity index (χ0) is 11.4. The summed E-state index contributed by atoms with van der Waals surface area (Å²) < 4.78 is 11.0. The van der Waals surface area contributed by atoms with Crippen LogP contribution in [0.4, 0.5) is 0 Å². The smallest absolute Gasteiger partial charge is 0.166 e. The van der Waals surface area contributed by atoms with Gasteiger partial charge < -0.3 is 9.47 Å². The maximum Gasteiger partial charge on any atom is 0.166 e. The van der Waals surface area contributed by atoms with Crippen LogP contribution in [0.2, 0.25) is 0 Å². The molecule has 2 rings (SSSR count). The normalized spacial score (nSPS) is 24.4. The van der Waals surface area contributed by atoms with Crippen LogP contribution in [0.1, 0.15) is 18.2 Å². The Kier molecular flexibility index (Phi) is 4.09. The molecule has 0 N–H and O–H groups in total. The molecule has 0 bridgehead atoms. The van der Waals surface area contributed by atoms with Gasteiger partial charge in [0.2, 0.25) is 0 Å². The minimum Gasteiger partial charge on any atom is -0.374 e. The van der Waals surface area contributed by atoms with E-state index in [1.165, 1.54) is 4.88 Å². The van der Waals surface area contributed by atoms with Crippen molar-refractivity contribution in [3.63, 3.8) is 0 Å². The van der Waals surface area contributed by atoms with E-state index < -0.39 is 0 Å². The molecule has 2 atom stereocenters. The van der Waals surface area contributed by atoms with Crippen molar-refractivity contribution in [2.24, 2.45) is 0 Å². The third-order valence-corrected chi connectivity index (χ3v) is 3.60. The Balaban J connectivity index is 1.68. The van der Waals surface area contributed by atoms with Crippen LogP contribution in [0.25, 0.3) is 0 Å². The number of carbonyl (C=O) groups is 1. The summed E-state index contributed by atoms with van der Waals surface area (Å²) in [5.74, 6) is 0.169. The zero-order valence-electron chi connectivity index (χ0n) is 9.35. The number of ketones is 1. The van der Waals surface area contributed by atoms with Crippen LogP contribution < -0.4 is 0 Å². The lowest BCUT2D eigenvalue weighted by atomic mass is 9.90. The van der Waals surface area contributed by atoms with E-state index in [9.17, 15) is 4.79 Å². The maximum atomic E-state index is 11.2. The zero-order valence-corrected chi connectivity index (χ0v) is 10.2. The van der Waals surface area contributed by atoms with Gasteiger partial charge in [0, 0.05) is 24.3 Å². The standard InChI is InChI=1S/C12H16O3S/c1-2-14-12-10(13)8-11(12)15-6-5-9-4-3-7-16-9/h3-4,7,11-12H,2,5-6,8H2,1H3. The Morgan fingerprint density at radius 3 is 3.00 bits per heavy atom. The largest absolute Gasteiger partial charge is 0.374 e. The summed E-state index contributed by atoms with van der Waals surface area (Å²) in [7, 11) is 0. The summed E-state index contributed by atoms with van der Waals surface area (Å²) in [6.45, 7) is 3.14. The van der Waals surface area contributed by atoms with Gasteiger partial charge in [0.1, 0.15) is 6.10 Å². The molecule has 0 amide bonds. The molecule has 1 heterocycles. The molecular formula is C12H16O3S. The number of hydrogen-bond donors (Lipinski definition) is 0. The van der Waals surface area contributed by atoms with E-state index in [1.54, 1.807) is 11.3 Å². The number of Topliss-reactive ketones (excluding diaryl/α,β-unsaturated/α-hetero) is 1. The van der Waals surface area contributed by atoms with Gasteiger partial charge in [-0.05, 0) is 18.4 Å². The lowest BCUT2D eigenvalue weighted by Gasteiger charge is -2.34. The molecule has 16 heavy (non-hydrogen) atoms. The second-order valence-electron chi connectivity index (χ2n) is 3.78. The Morgan fingerprint density at radius 2 is 2.38 bits per heavy atom. The molecule has 1 aromatic heterocycles. The van der Waals surface area contributed by atoms with Crippen molar-refractivity contribution < 1.29 is 14.3 Å². The molecule has 4 heteroatoms. The van der Waals surface area contributed by atoms with Crippen molar-refractivity contribution in [3.8, 4) is 0 Å². The molecule has 0 radical (unpaired) electrons. The first kappa shape index (κ1) is 11.8. The first-order chi connectivity index (χ1) is 7.81. The van der Waals surface area contributed by atoms with Gasteiger partial charge in [-0.1, -0.05) is 6.07 Å². The molecule has 2 unspecified atom stereocenters. The lowest BCUT2D eigenvalue weighted by Crippen LogP contribution is -2.50. The molecule has 0 spiro atoms. The fourth-order valence-electron chi connectivity index (χ4n) is 1.76. The van der Waals surface area contributed by atoms with Crippen LogP contribution in [0, 0.1) is 0 Å². The quantitative estimate of drug-likeness (QED) is 0.763. The topological polar surface area (TPSA) is 35.5 Å². The van der Waals surface area contributed by atoms with Crippen molar-refractivity contribution >= 4 is 17.1 Å². The summed E-state index contributed by atoms with van der Waals surface area (Å²) in [5.41, 5.74) is 0.